The normalized spacial score (nSPS) is 15.7. The fraction of sp³-hybridized carbons (Fsp3) is 0.471. The molecule has 0 bridgehead atoms. The van der Waals surface area contributed by atoms with Gasteiger partial charge >= 0.3 is 0 Å². The first-order valence-corrected chi connectivity index (χ1v) is 8.00. The molecule has 3 rings (SSSR count). The molecule has 4 nitrogen and oxygen atoms in total. The van der Waals surface area contributed by atoms with Gasteiger partial charge in [0, 0.05) is 43.5 Å². The minimum Gasteiger partial charge on any atom is -0.352 e. The van der Waals surface area contributed by atoms with E-state index in [4.69, 9.17) is 5.10 Å². The smallest absolute Gasteiger partial charge is 0.263 e. The number of hydrogen-bond donors (Lipinski definition) is 1. The Morgan fingerprint density at radius 3 is 2.30 bits per heavy atom. The highest BCUT2D eigenvalue weighted by Gasteiger charge is 2.20. The molecule has 0 amide bonds. The molecular formula is C17H22F2N4. The molecule has 2 heterocycles. The Balaban J connectivity index is 1.93. The minimum atomic E-state index is -2.44. The molecule has 0 unspecified atom stereocenters. The Hall–Kier alpha value is -1.95. The van der Waals surface area contributed by atoms with Crippen LogP contribution in [0.1, 0.15) is 37.3 Å². The number of aromatic nitrogens is 2. The standard InChI is InChI=1S/C17H22F2N4/c1-12(2)15-11-23(14-5-3-13(4-6-14)16(18)19)21-17(15)22-9-7-20-8-10-22/h3-6,11-12,16,20H,7-10H2,1-2H3. The first-order chi connectivity index (χ1) is 11.1. The van der Waals surface area contributed by atoms with Crippen LogP contribution in [0.5, 0.6) is 0 Å². The average Bonchev–Trinajstić information content (AvgIpc) is 3.01. The van der Waals surface area contributed by atoms with Gasteiger partial charge in [0.25, 0.3) is 6.43 Å². The van der Waals surface area contributed by atoms with Crippen LogP contribution in [-0.2, 0) is 0 Å². The van der Waals surface area contributed by atoms with Gasteiger partial charge in [0.05, 0.1) is 5.69 Å². The Morgan fingerprint density at radius 1 is 1.09 bits per heavy atom. The van der Waals surface area contributed by atoms with Gasteiger partial charge in [-0.25, -0.2) is 13.5 Å². The van der Waals surface area contributed by atoms with Crippen LogP contribution in [0.25, 0.3) is 5.69 Å². The van der Waals surface area contributed by atoms with Gasteiger partial charge in [0.15, 0.2) is 5.82 Å². The molecule has 23 heavy (non-hydrogen) atoms. The van der Waals surface area contributed by atoms with Gasteiger partial charge in [-0.3, -0.25) is 0 Å². The molecule has 0 radical (unpaired) electrons. The summed E-state index contributed by atoms with van der Waals surface area (Å²) in [5.74, 6) is 1.36. The molecule has 6 heteroatoms. The SMILES string of the molecule is CC(C)c1cn(-c2ccc(C(F)F)cc2)nc1N1CCNCC1. The number of piperazine rings is 1. The molecule has 1 aliphatic rings. The number of benzene rings is 1. The summed E-state index contributed by atoms with van der Waals surface area (Å²) >= 11 is 0. The number of nitrogens with zero attached hydrogens (tertiary/aromatic N) is 3. The van der Waals surface area contributed by atoms with Crippen LogP contribution in [0.4, 0.5) is 14.6 Å². The highest BCUT2D eigenvalue weighted by molar-refractivity contribution is 5.50. The summed E-state index contributed by atoms with van der Waals surface area (Å²) in [6.07, 6.45) is -0.427. The van der Waals surface area contributed by atoms with Crippen molar-refractivity contribution in [3.63, 3.8) is 0 Å². The van der Waals surface area contributed by atoms with Crippen LogP contribution in [0.15, 0.2) is 30.5 Å². The van der Waals surface area contributed by atoms with Gasteiger partial charge in [-0.2, -0.15) is 0 Å². The maximum atomic E-state index is 12.7. The lowest BCUT2D eigenvalue weighted by Gasteiger charge is -2.28. The lowest BCUT2D eigenvalue weighted by molar-refractivity contribution is 0.151. The van der Waals surface area contributed by atoms with Crippen LogP contribution in [-0.4, -0.2) is 36.0 Å². The van der Waals surface area contributed by atoms with E-state index in [1.54, 1.807) is 16.8 Å². The van der Waals surface area contributed by atoms with E-state index in [-0.39, 0.29) is 5.56 Å². The highest BCUT2D eigenvalue weighted by Crippen LogP contribution is 2.28. The van der Waals surface area contributed by atoms with Gasteiger partial charge < -0.3 is 10.2 Å². The van der Waals surface area contributed by atoms with E-state index in [0.29, 0.717) is 5.92 Å². The molecule has 124 valence electrons. The Bertz CT molecular complexity index is 643. The number of halogens is 2. The predicted octanol–water partition coefficient (Wildman–Crippen LogP) is 3.34. The molecule has 2 aromatic rings. The maximum absolute atomic E-state index is 12.7. The molecule has 1 N–H and O–H groups in total. The molecule has 1 aromatic carbocycles. The third-order valence-corrected chi connectivity index (χ3v) is 4.17. The van der Waals surface area contributed by atoms with Crippen molar-refractivity contribution >= 4 is 5.82 Å². The molecule has 1 aromatic heterocycles. The van der Waals surface area contributed by atoms with Crippen molar-refractivity contribution in [2.75, 3.05) is 31.1 Å². The third kappa shape index (κ3) is 3.37. The quantitative estimate of drug-likeness (QED) is 0.938. The van der Waals surface area contributed by atoms with Gasteiger partial charge in [0.2, 0.25) is 0 Å². The summed E-state index contributed by atoms with van der Waals surface area (Å²) in [6.45, 7) is 8.06. The van der Waals surface area contributed by atoms with Crippen LogP contribution >= 0.6 is 0 Å². The Morgan fingerprint density at radius 2 is 1.74 bits per heavy atom. The van der Waals surface area contributed by atoms with Gasteiger partial charge in [0.1, 0.15) is 0 Å². The largest absolute Gasteiger partial charge is 0.352 e. The van der Waals surface area contributed by atoms with Gasteiger partial charge in [-0.15, -0.1) is 5.10 Å². The van der Waals surface area contributed by atoms with Crippen LogP contribution < -0.4 is 10.2 Å². The molecular weight excluding hydrogens is 298 g/mol. The molecule has 0 atom stereocenters. The second kappa shape index (κ2) is 6.66. The lowest BCUT2D eigenvalue weighted by Crippen LogP contribution is -2.44. The van der Waals surface area contributed by atoms with Crippen molar-refractivity contribution in [2.24, 2.45) is 0 Å². The fourth-order valence-corrected chi connectivity index (χ4v) is 2.81. The van der Waals surface area contributed by atoms with Crippen LogP contribution in [0.2, 0.25) is 0 Å². The van der Waals surface area contributed by atoms with Gasteiger partial charge in [-0.1, -0.05) is 26.0 Å². The summed E-state index contributed by atoms with van der Waals surface area (Å²) in [6, 6.07) is 6.31. The van der Waals surface area contributed by atoms with Gasteiger partial charge in [-0.05, 0) is 18.1 Å². The van der Waals surface area contributed by atoms with E-state index in [1.165, 1.54) is 17.7 Å². The van der Waals surface area contributed by atoms with Crippen molar-refractivity contribution in [3.8, 4) is 5.69 Å². The van der Waals surface area contributed by atoms with Crippen molar-refractivity contribution in [1.82, 2.24) is 15.1 Å². The second-order valence-electron chi connectivity index (χ2n) is 6.14. The van der Waals surface area contributed by atoms with E-state index in [1.807, 2.05) is 6.20 Å². The zero-order valence-electron chi connectivity index (χ0n) is 13.5. The summed E-state index contributed by atoms with van der Waals surface area (Å²) < 4.78 is 27.2. The topological polar surface area (TPSA) is 33.1 Å². The van der Waals surface area contributed by atoms with Crippen LogP contribution in [0, 0.1) is 0 Å². The monoisotopic (exact) mass is 320 g/mol. The number of rotatable bonds is 4. The van der Waals surface area contributed by atoms with Crippen molar-refractivity contribution < 1.29 is 8.78 Å². The molecule has 1 fully saturated rings. The fourth-order valence-electron chi connectivity index (χ4n) is 2.81. The van der Waals surface area contributed by atoms with E-state index < -0.39 is 6.43 Å². The summed E-state index contributed by atoms with van der Waals surface area (Å²) in [5.41, 5.74) is 2.02. The highest BCUT2D eigenvalue weighted by atomic mass is 19.3. The number of alkyl halides is 2. The molecule has 1 saturated heterocycles. The van der Waals surface area contributed by atoms with Crippen LogP contribution in [0.3, 0.4) is 0 Å². The lowest BCUT2D eigenvalue weighted by atomic mass is 10.1. The molecule has 0 spiro atoms. The molecule has 0 saturated carbocycles. The Kier molecular flexibility index (Phi) is 4.61. The first kappa shape index (κ1) is 15.9. The Labute approximate surface area is 135 Å². The first-order valence-electron chi connectivity index (χ1n) is 8.00. The van der Waals surface area contributed by atoms with E-state index in [2.05, 4.69) is 24.1 Å². The van der Waals surface area contributed by atoms with Crippen molar-refractivity contribution in [2.45, 2.75) is 26.2 Å². The molecule has 0 aliphatic carbocycles. The minimum absolute atomic E-state index is 0.0346. The third-order valence-electron chi connectivity index (χ3n) is 4.17. The summed E-state index contributed by atoms with van der Waals surface area (Å²) in [7, 11) is 0. The molecule has 1 aliphatic heterocycles. The predicted molar refractivity (Wildman–Crippen MR) is 87.7 cm³/mol. The van der Waals surface area contributed by atoms with E-state index >= 15 is 0 Å². The zero-order chi connectivity index (χ0) is 16.4. The number of anilines is 1. The number of hydrogen-bond acceptors (Lipinski definition) is 3. The van der Waals surface area contributed by atoms with Crippen molar-refractivity contribution in [3.05, 3.63) is 41.6 Å². The van der Waals surface area contributed by atoms with Crippen molar-refractivity contribution in [1.29, 1.82) is 0 Å². The van der Waals surface area contributed by atoms with E-state index in [0.717, 1.165) is 37.7 Å². The second-order valence-corrected chi connectivity index (χ2v) is 6.14. The zero-order valence-corrected chi connectivity index (χ0v) is 13.5. The summed E-state index contributed by atoms with van der Waals surface area (Å²) in [5, 5.41) is 8.07. The summed E-state index contributed by atoms with van der Waals surface area (Å²) in [4.78, 5) is 2.29. The maximum Gasteiger partial charge on any atom is 0.263 e. The number of nitrogens with one attached hydrogen (secondary N) is 1. The van der Waals surface area contributed by atoms with E-state index in [9.17, 15) is 8.78 Å². The average molecular weight is 320 g/mol.